The van der Waals surface area contributed by atoms with Crippen LogP contribution in [0.4, 0.5) is 0 Å². The molecule has 2 saturated heterocycles. The molecule has 3 nitrogen and oxygen atoms in total. The van der Waals surface area contributed by atoms with Crippen molar-refractivity contribution in [1.82, 2.24) is 15.1 Å². The molecule has 1 N–H and O–H groups in total. The first-order valence-corrected chi connectivity index (χ1v) is 8.29. The third kappa shape index (κ3) is 3.93. The van der Waals surface area contributed by atoms with Crippen LogP contribution in [0.5, 0.6) is 0 Å². The van der Waals surface area contributed by atoms with E-state index >= 15 is 0 Å². The average Bonchev–Trinajstić information content (AvgIpc) is 2.42. The molecule has 0 aromatic rings. The van der Waals surface area contributed by atoms with E-state index in [0.29, 0.717) is 12.1 Å². The lowest BCUT2D eigenvalue weighted by atomic mass is 9.94. The second-order valence-electron chi connectivity index (χ2n) is 6.83. The van der Waals surface area contributed by atoms with E-state index in [-0.39, 0.29) is 0 Å². The highest BCUT2D eigenvalue weighted by molar-refractivity contribution is 4.89. The summed E-state index contributed by atoms with van der Waals surface area (Å²) in [6.07, 6.45) is 5.48. The van der Waals surface area contributed by atoms with Gasteiger partial charge in [0.05, 0.1) is 0 Å². The van der Waals surface area contributed by atoms with Gasteiger partial charge in [0.15, 0.2) is 0 Å². The summed E-state index contributed by atoms with van der Waals surface area (Å²) >= 11 is 0. The van der Waals surface area contributed by atoms with E-state index in [9.17, 15) is 0 Å². The number of nitrogens with zero attached hydrogens (tertiary/aromatic N) is 2. The van der Waals surface area contributed by atoms with Crippen LogP contribution in [0.15, 0.2) is 0 Å². The van der Waals surface area contributed by atoms with Crippen molar-refractivity contribution in [3.8, 4) is 0 Å². The fourth-order valence-electron chi connectivity index (χ4n) is 3.51. The lowest BCUT2D eigenvalue weighted by Gasteiger charge is -2.44. The Kier molecular flexibility index (Phi) is 5.67. The maximum absolute atomic E-state index is 3.74. The van der Waals surface area contributed by atoms with E-state index in [4.69, 9.17) is 0 Å². The summed E-state index contributed by atoms with van der Waals surface area (Å²) in [7, 11) is 2.31. The van der Waals surface area contributed by atoms with Crippen molar-refractivity contribution >= 4 is 0 Å². The highest BCUT2D eigenvalue weighted by atomic mass is 15.3. The fraction of sp³-hybridized carbons (Fsp3) is 1.00. The molecule has 2 aliphatic rings. The zero-order valence-electron chi connectivity index (χ0n) is 13.4. The maximum atomic E-state index is 3.74. The van der Waals surface area contributed by atoms with Crippen LogP contribution in [0, 0.1) is 5.92 Å². The van der Waals surface area contributed by atoms with E-state index in [0.717, 1.165) is 18.5 Å². The van der Waals surface area contributed by atoms with Crippen LogP contribution in [0.25, 0.3) is 0 Å². The van der Waals surface area contributed by atoms with Crippen molar-refractivity contribution in [2.75, 3.05) is 33.2 Å². The third-order valence-corrected chi connectivity index (χ3v) is 5.43. The van der Waals surface area contributed by atoms with Crippen molar-refractivity contribution in [1.29, 1.82) is 0 Å². The normalized spacial score (nSPS) is 36.3. The molecule has 2 aliphatic heterocycles. The number of rotatable bonds is 4. The number of piperazine rings is 1. The van der Waals surface area contributed by atoms with Gasteiger partial charge >= 0.3 is 0 Å². The van der Waals surface area contributed by atoms with Gasteiger partial charge < -0.3 is 10.2 Å². The Morgan fingerprint density at radius 3 is 2.79 bits per heavy atom. The van der Waals surface area contributed by atoms with Crippen molar-refractivity contribution in [3.63, 3.8) is 0 Å². The van der Waals surface area contributed by atoms with Gasteiger partial charge in [0.1, 0.15) is 0 Å². The van der Waals surface area contributed by atoms with Gasteiger partial charge in [-0.2, -0.15) is 0 Å². The van der Waals surface area contributed by atoms with Gasteiger partial charge in [0.2, 0.25) is 0 Å². The van der Waals surface area contributed by atoms with Crippen molar-refractivity contribution in [3.05, 3.63) is 0 Å². The van der Waals surface area contributed by atoms with Crippen molar-refractivity contribution in [2.45, 2.75) is 64.6 Å². The zero-order chi connectivity index (χ0) is 13.8. The summed E-state index contributed by atoms with van der Waals surface area (Å²) in [5.41, 5.74) is 0. The number of nitrogens with one attached hydrogen (secondary N) is 1. The molecule has 2 rings (SSSR count). The molecule has 0 bridgehead atoms. The Morgan fingerprint density at radius 2 is 2.11 bits per heavy atom. The first kappa shape index (κ1) is 15.3. The van der Waals surface area contributed by atoms with Gasteiger partial charge in [0.25, 0.3) is 0 Å². The van der Waals surface area contributed by atoms with Gasteiger partial charge in [-0.15, -0.1) is 0 Å². The highest BCUT2D eigenvalue weighted by Gasteiger charge is 2.30. The lowest BCUT2D eigenvalue weighted by Crippen LogP contribution is -2.60. The monoisotopic (exact) mass is 267 g/mol. The van der Waals surface area contributed by atoms with Gasteiger partial charge in [-0.3, -0.25) is 4.90 Å². The first-order valence-electron chi connectivity index (χ1n) is 8.29. The van der Waals surface area contributed by atoms with E-state index in [2.05, 4.69) is 42.9 Å². The van der Waals surface area contributed by atoms with Crippen LogP contribution in [0.3, 0.4) is 0 Å². The molecule has 19 heavy (non-hydrogen) atoms. The van der Waals surface area contributed by atoms with E-state index in [1.165, 1.54) is 45.3 Å². The van der Waals surface area contributed by atoms with Crippen LogP contribution in [0.2, 0.25) is 0 Å². The van der Waals surface area contributed by atoms with Gasteiger partial charge in [0, 0.05) is 37.8 Å². The van der Waals surface area contributed by atoms with Crippen molar-refractivity contribution < 1.29 is 0 Å². The molecule has 0 aromatic heterocycles. The molecule has 2 fully saturated rings. The molecule has 4 atom stereocenters. The Labute approximate surface area is 119 Å². The molecule has 2 heterocycles. The molecule has 0 amide bonds. The minimum atomic E-state index is 0.690. The Balaban J connectivity index is 1.89. The summed E-state index contributed by atoms with van der Waals surface area (Å²) in [5.74, 6) is 0.791. The van der Waals surface area contributed by atoms with Crippen LogP contribution in [0.1, 0.15) is 46.5 Å². The predicted octanol–water partition coefficient (Wildman–Crippen LogP) is 2.18. The minimum absolute atomic E-state index is 0.690. The Hall–Kier alpha value is -0.120. The van der Waals surface area contributed by atoms with Gasteiger partial charge in [-0.05, 0) is 39.3 Å². The molecular formula is C16H33N3. The summed E-state index contributed by atoms with van der Waals surface area (Å²) in [6, 6.07) is 2.16. The van der Waals surface area contributed by atoms with Crippen LogP contribution < -0.4 is 5.32 Å². The summed E-state index contributed by atoms with van der Waals surface area (Å²) in [4.78, 5) is 5.32. The number of piperidine rings is 1. The molecular weight excluding hydrogens is 234 g/mol. The largest absolute Gasteiger partial charge is 0.311 e. The average molecular weight is 267 g/mol. The number of hydrogen-bond acceptors (Lipinski definition) is 3. The Bertz CT molecular complexity index is 269. The van der Waals surface area contributed by atoms with E-state index < -0.39 is 0 Å². The quantitative estimate of drug-likeness (QED) is 0.842. The molecule has 0 aromatic carbocycles. The van der Waals surface area contributed by atoms with Gasteiger partial charge in [-0.1, -0.05) is 26.7 Å². The molecule has 4 unspecified atom stereocenters. The first-order chi connectivity index (χ1) is 9.11. The summed E-state index contributed by atoms with van der Waals surface area (Å²) in [6.45, 7) is 12.0. The molecule has 0 radical (unpaired) electrons. The Morgan fingerprint density at radius 1 is 1.32 bits per heavy atom. The summed E-state index contributed by atoms with van der Waals surface area (Å²) < 4.78 is 0. The highest BCUT2D eigenvalue weighted by Crippen LogP contribution is 2.20. The van der Waals surface area contributed by atoms with E-state index in [1.807, 2.05) is 0 Å². The minimum Gasteiger partial charge on any atom is -0.311 e. The second-order valence-corrected chi connectivity index (χ2v) is 6.83. The van der Waals surface area contributed by atoms with Gasteiger partial charge in [-0.25, -0.2) is 0 Å². The molecule has 0 spiro atoms. The van der Waals surface area contributed by atoms with Crippen LogP contribution in [-0.4, -0.2) is 61.2 Å². The molecule has 112 valence electrons. The predicted molar refractivity (Wildman–Crippen MR) is 82.5 cm³/mol. The molecule has 0 saturated carbocycles. The third-order valence-electron chi connectivity index (χ3n) is 5.43. The smallest absolute Gasteiger partial charge is 0.0221 e. The lowest BCUT2D eigenvalue weighted by molar-refractivity contribution is 0.0687. The standard InChI is InChI=1S/C16H33N3/c1-5-13(2)16-12-19(14(3)10-17-16)11-15-8-6-7-9-18(15)4/h13-17H,5-12H2,1-4H3. The second kappa shape index (κ2) is 7.05. The zero-order valence-corrected chi connectivity index (χ0v) is 13.4. The topological polar surface area (TPSA) is 18.5 Å². The number of likely N-dealkylation sites (tertiary alicyclic amines) is 1. The SMILES string of the molecule is CCC(C)C1CN(CC2CCCCN2C)C(C)CN1. The molecule has 0 aliphatic carbocycles. The van der Waals surface area contributed by atoms with Crippen LogP contribution in [-0.2, 0) is 0 Å². The van der Waals surface area contributed by atoms with Crippen molar-refractivity contribution in [2.24, 2.45) is 5.92 Å². The number of hydrogen-bond donors (Lipinski definition) is 1. The fourth-order valence-corrected chi connectivity index (χ4v) is 3.51. The maximum Gasteiger partial charge on any atom is 0.0221 e. The summed E-state index contributed by atoms with van der Waals surface area (Å²) in [5, 5.41) is 3.74. The van der Waals surface area contributed by atoms with E-state index in [1.54, 1.807) is 0 Å². The van der Waals surface area contributed by atoms with Crippen LogP contribution >= 0.6 is 0 Å². The number of likely N-dealkylation sites (N-methyl/N-ethyl adjacent to an activating group) is 1. The molecule has 3 heteroatoms.